The third kappa shape index (κ3) is 5.51. The van der Waals surface area contributed by atoms with Crippen LogP contribution in [-0.2, 0) is 24.1 Å². The van der Waals surface area contributed by atoms with E-state index in [9.17, 15) is 4.79 Å². The molecule has 0 aliphatic rings. The van der Waals surface area contributed by atoms with Crippen LogP contribution in [0.25, 0.3) is 17.1 Å². The minimum atomic E-state index is -0.00599. The highest BCUT2D eigenvalue weighted by Gasteiger charge is 2.21. The van der Waals surface area contributed by atoms with Gasteiger partial charge in [-0.2, -0.15) is 0 Å². The van der Waals surface area contributed by atoms with E-state index in [-0.39, 0.29) is 11.7 Å². The highest BCUT2D eigenvalue weighted by Crippen LogP contribution is 2.32. The monoisotopic (exact) mass is 477 g/mol. The zero-order valence-electron chi connectivity index (χ0n) is 18.8. The molecule has 0 saturated carbocycles. The molecule has 0 atom stereocenters. The Morgan fingerprint density at radius 1 is 1.06 bits per heavy atom. The van der Waals surface area contributed by atoms with Crippen molar-refractivity contribution in [2.45, 2.75) is 38.3 Å². The number of benzene rings is 1. The van der Waals surface area contributed by atoms with Crippen molar-refractivity contribution < 1.29 is 4.79 Å². The molecule has 4 aromatic rings. The lowest BCUT2D eigenvalue weighted by Crippen LogP contribution is -2.27. The van der Waals surface area contributed by atoms with Gasteiger partial charge in [0.1, 0.15) is 0 Å². The minimum Gasteiger partial charge on any atom is -0.355 e. The van der Waals surface area contributed by atoms with Crippen LogP contribution in [0.4, 0.5) is 0 Å². The zero-order chi connectivity index (χ0) is 23.0. The average Bonchev–Trinajstić information content (AvgIpc) is 3.52. The lowest BCUT2D eigenvalue weighted by Gasteiger charge is -2.17. The maximum atomic E-state index is 12.5. The summed E-state index contributed by atoms with van der Waals surface area (Å²) in [6, 6.07) is 14.4. The second kappa shape index (κ2) is 11.2. The third-order valence-corrected chi connectivity index (χ3v) is 7.21. The van der Waals surface area contributed by atoms with E-state index in [1.165, 1.54) is 27.8 Å². The molecule has 0 fully saturated rings. The van der Waals surface area contributed by atoms with Crippen molar-refractivity contribution >= 4 is 29.0 Å². The first-order chi connectivity index (χ1) is 16.2. The first-order valence-corrected chi connectivity index (χ1v) is 13.0. The summed E-state index contributed by atoms with van der Waals surface area (Å²) in [5, 5.41) is 14.8. The summed E-state index contributed by atoms with van der Waals surface area (Å²) in [6.45, 7) is 4.94. The highest BCUT2D eigenvalue weighted by atomic mass is 32.2. The molecule has 0 bridgehead atoms. The Morgan fingerprint density at radius 2 is 1.88 bits per heavy atom. The van der Waals surface area contributed by atoms with Gasteiger partial charge >= 0.3 is 0 Å². The van der Waals surface area contributed by atoms with Gasteiger partial charge in [0.15, 0.2) is 11.0 Å². The number of nitrogens with one attached hydrogen (secondary N) is 1. The number of hydrogen-bond donors (Lipinski definition) is 1. The third-order valence-electron chi connectivity index (χ3n) is 5.35. The highest BCUT2D eigenvalue weighted by molar-refractivity contribution is 7.99. The van der Waals surface area contributed by atoms with E-state index in [2.05, 4.69) is 68.6 Å². The SMILES string of the molecule is CCc1cccc(CC)c1-n1c(SCC(=O)NCCc2cccs2)nnc1-c1cccnc1. The van der Waals surface area contributed by atoms with E-state index in [0.29, 0.717) is 11.7 Å². The van der Waals surface area contributed by atoms with Gasteiger partial charge in [-0.1, -0.05) is 49.9 Å². The molecule has 3 aromatic heterocycles. The Kier molecular flexibility index (Phi) is 7.91. The Bertz CT molecular complexity index is 1170. The smallest absolute Gasteiger partial charge is 0.230 e. The first-order valence-electron chi connectivity index (χ1n) is 11.1. The number of thioether (sulfide) groups is 1. The summed E-state index contributed by atoms with van der Waals surface area (Å²) in [5.41, 5.74) is 4.44. The second-order valence-corrected chi connectivity index (χ2v) is 9.46. The van der Waals surface area contributed by atoms with Crippen molar-refractivity contribution in [3.63, 3.8) is 0 Å². The summed E-state index contributed by atoms with van der Waals surface area (Å²) >= 11 is 3.12. The van der Waals surface area contributed by atoms with Gasteiger partial charge in [-0.25, -0.2) is 0 Å². The summed E-state index contributed by atoms with van der Waals surface area (Å²) in [6.07, 6.45) is 6.17. The average molecular weight is 478 g/mol. The molecular formula is C25H27N5OS2. The molecule has 33 heavy (non-hydrogen) atoms. The Labute approximate surface area is 202 Å². The molecule has 170 valence electrons. The van der Waals surface area contributed by atoms with Crippen molar-refractivity contribution in [1.82, 2.24) is 25.1 Å². The minimum absolute atomic E-state index is 0.00599. The van der Waals surface area contributed by atoms with Crippen LogP contribution in [0.5, 0.6) is 0 Å². The van der Waals surface area contributed by atoms with E-state index in [0.717, 1.165) is 36.3 Å². The summed E-state index contributed by atoms with van der Waals surface area (Å²) in [7, 11) is 0. The van der Waals surface area contributed by atoms with Gasteiger partial charge < -0.3 is 5.32 Å². The van der Waals surface area contributed by atoms with Crippen molar-refractivity contribution in [2.24, 2.45) is 0 Å². The van der Waals surface area contributed by atoms with E-state index in [1.54, 1.807) is 23.7 Å². The van der Waals surface area contributed by atoms with Gasteiger partial charge in [-0.3, -0.25) is 14.3 Å². The molecular weight excluding hydrogens is 450 g/mol. The maximum absolute atomic E-state index is 12.5. The van der Waals surface area contributed by atoms with E-state index in [1.807, 2.05) is 18.2 Å². The fourth-order valence-corrected chi connectivity index (χ4v) is 5.19. The van der Waals surface area contributed by atoms with E-state index >= 15 is 0 Å². The fourth-order valence-electron chi connectivity index (χ4n) is 3.71. The molecule has 1 N–H and O–H groups in total. The van der Waals surface area contributed by atoms with Crippen LogP contribution >= 0.6 is 23.1 Å². The molecule has 4 rings (SSSR count). The van der Waals surface area contributed by atoms with Gasteiger partial charge in [0.05, 0.1) is 11.4 Å². The van der Waals surface area contributed by atoms with Gasteiger partial charge in [0.2, 0.25) is 5.91 Å². The normalized spacial score (nSPS) is 11.0. The molecule has 3 heterocycles. The van der Waals surface area contributed by atoms with Crippen LogP contribution in [0, 0.1) is 0 Å². The molecule has 1 aromatic carbocycles. The van der Waals surface area contributed by atoms with Gasteiger partial charge in [0.25, 0.3) is 0 Å². The van der Waals surface area contributed by atoms with Gasteiger partial charge in [-0.05, 0) is 54.0 Å². The van der Waals surface area contributed by atoms with Crippen LogP contribution in [0.3, 0.4) is 0 Å². The van der Waals surface area contributed by atoms with Gasteiger partial charge in [-0.15, -0.1) is 21.5 Å². The summed E-state index contributed by atoms with van der Waals surface area (Å²) < 4.78 is 2.10. The topological polar surface area (TPSA) is 72.7 Å². The van der Waals surface area contributed by atoms with Crippen LogP contribution in [0.1, 0.15) is 29.9 Å². The molecule has 0 aliphatic heterocycles. The van der Waals surface area contributed by atoms with Crippen LogP contribution in [0.15, 0.2) is 65.4 Å². The molecule has 1 amide bonds. The molecule has 0 aliphatic carbocycles. The van der Waals surface area contributed by atoms with E-state index < -0.39 is 0 Å². The first kappa shape index (κ1) is 23.2. The molecule has 8 heteroatoms. The zero-order valence-corrected chi connectivity index (χ0v) is 20.5. The van der Waals surface area contributed by atoms with Crippen LogP contribution in [0.2, 0.25) is 0 Å². The molecule has 0 radical (unpaired) electrons. The summed E-state index contributed by atoms with van der Waals surface area (Å²) in [4.78, 5) is 18.1. The second-order valence-electron chi connectivity index (χ2n) is 7.48. The number of para-hydroxylation sites is 1. The number of rotatable bonds is 10. The van der Waals surface area contributed by atoms with Crippen molar-refractivity contribution in [1.29, 1.82) is 0 Å². The number of thiophene rings is 1. The molecule has 6 nitrogen and oxygen atoms in total. The molecule has 0 saturated heterocycles. The standard InChI is InChI=1S/C25H27N5OS2/c1-3-18-8-5-9-19(4-2)23(18)30-24(20-10-6-13-26-16-20)28-29-25(30)33-17-22(31)27-14-12-21-11-7-15-32-21/h5-11,13,15-16H,3-4,12,14,17H2,1-2H3,(H,27,31). The number of aromatic nitrogens is 4. The lowest BCUT2D eigenvalue weighted by atomic mass is 10.0. The molecule has 0 unspecified atom stereocenters. The van der Waals surface area contributed by atoms with Crippen molar-refractivity contribution in [3.05, 3.63) is 76.2 Å². The predicted molar refractivity (Wildman–Crippen MR) is 135 cm³/mol. The Morgan fingerprint density at radius 3 is 2.55 bits per heavy atom. The Balaban J connectivity index is 1.60. The number of hydrogen-bond acceptors (Lipinski definition) is 6. The predicted octanol–water partition coefficient (Wildman–Crippen LogP) is 4.97. The molecule has 0 spiro atoms. The van der Waals surface area contributed by atoms with Crippen molar-refractivity contribution in [2.75, 3.05) is 12.3 Å². The lowest BCUT2D eigenvalue weighted by molar-refractivity contribution is -0.118. The number of carbonyl (C=O) groups excluding carboxylic acids is 1. The Hall–Kier alpha value is -2.97. The van der Waals surface area contributed by atoms with E-state index in [4.69, 9.17) is 0 Å². The fraction of sp³-hybridized carbons (Fsp3) is 0.280. The quantitative estimate of drug-likeness (QED) is 0.327. The van der Waals surface area contributed by atoms with Crippen LogP contribution in [-0.4, -0.2) is 38.0 Å². The van der Waals surface area contributed by atoms with Crippen LogP contribution < -0.4 is 5.32 Å². The van der Waals surface area contributed by atoms with Crippen molar-refractivity contribution in [3.8, 4) is 17.1 Å². The number of aryl methyl sites for hydroxylation is 2. The summed E-state index contributed by atoms with van der Waals surface area (Å²) in [5.74, 6) is 1.01. The van der Waals surface area contributed by atoms with Gasteiger partial charge in [0, 0.05) is 29.4 Å². The number of nitrogens with zero attached hydrogens (tertiary/aromatic N) is 4. The maximum Gasteiger partial charge on any atom is 0.230 e. The number of pyridine rings is 1. The largest absolute Gasteiger partial charge is 0.355 e. The number of amides is 1. The number of carbonyl (C=O) groups is 1.